The topological polar surface area (TPSA) is 104 Å². The number of aromatic hydroxyl groups is 1. The molecule has 0 saturated heterocycles. The third-order valence-corrected chi connectivity index (χ3v) is 2.18. The first-order chi connectivity index (χ1) is 7.95. The van der Waals surface area contributed by atoms with Gasteiger partial charge in [0.25, 0.3) is 0 Å². The predicted molar refractivity (Wildman–Crippen MR) is 56.7 cm³/mol. The standard InChI is InChI=1S/C11H12O6/c1-17-11(16)7-4-6(2-3-8(7)12)9(13)5-10(14)15/h2-4,9,12-13H,5H2,1H3,(H,14,15)/t9-/m0/s1. The molecule has 0 heterocycles. The summed E-state index contributed by atoms with van der Waals surface area (Å²) in [6, 6.07) is 3.75. The minimum Gasteiger partial charge on any atom is -0.507 e. The molecule has 1 aromatic rings. The minimum atomic E-state index is -1.24. The molecule has 0 radical (unpaired) electrons. The number of methoxy groups -OCH3 is 1. The van der Waals surface area contributed by atoms with Crippen molar-refractivity contribution in [2.24, 2.45) is 0 Å². The van der Waals surface area contributed by atoms with E-state index in [1.807, 2.05) is 0 Å². The van der Waals surface area contributed by atoms with Gasteiger partial charge in [-0.15, -0.1) is 0 Å². The number of phenolic OH excluding ortho intramolecular Hbond substituents is 1. The van der Waals surface area contributed by atoms with Gasteiger partial charge in [0.05, 0.1) is 19.6 Å². The van der Waals surface area contributed by atoms with Crippen LogP contribution in [0.2, 0.25) is 0 Å². The van der Waals surface area contributed by atoms with Crippen LogP contribution in [0.3, 0.4) is 0 Å². The molecule has 0 spiro atoms. The lowest BCUT2D eigenvalue weighted by molar-refractivity contribution is -0.139. The normalized spacial score (nSPS) is 11.9. The Balaban J connectivity index is 3.03. The maximum atomic E-state index is 11.3. The molecule has 6 heteroatoms. The number of aliphatic carboxylic acids is 1. The minimum absolute atomic E-state index is 0.116. The highest BCUT2D eigenvalue weighted by Crippen LogP contribution is 2.24. The highest BCUT2D eigenvalue weighted by molar-refractivity contribution is 5.92. The lowest BCUT2D eigenvalue weighted by Gasteiger charge is -2.10. The average molecular weight is 240 g/mol. The van der Waals surface area contributed by atoms with Crippen molar-refractivity contribution < 1.29 is 29.6 Å². The maximum absolute atomic E-state index is 11.3. The van der Waals surface area contributed by atoms with Crippen molar-refractivity contribution in [1.29, 1.82) is 0 Å². The predicted octanol–water partition coefficient (Wildman–Crippen LogP) is 0.687. The van der Waals surface area contributed by atoms with E-state index < -0.39 is 24.5 Å². The van der Waals surface area contributed by atoms with Gasteiger partial charge in [-0.05, 0) is 17.7 Å². The lowest BCUT2D eigenvalue weighted by atomic mass is 10.0. The molecule has 0 bridgehead atoms. The van der Waals surface area contributed by atoms with Crippen LogP contribution in [0.1, 0.15) is 28.4 Å². The van der Waals surface area contributed by atoms with Gasteiger partial charge in [0, 0.05) is 0 Å². The fraction of sp³-hybridized carbons (Fsp3) is 0.273. The molecule has 0 fully saturated rings. The van der Waals surface area contributed by atoms with Crippen molar-refractivity contribution in [2.45, 2.75) is 12.5 Å². The van der Waals surface area contributed by atoms with Crippen LogP contribution in [0.25, 0.3) is 0 Å². The van der Waals surface area contributed by atoms with Gasteiger partial charge < -0.3 is 20.1 Å². The monoisotopic (exact) mass is 240 g/mol. The summed E-state index contributed by atoms with van der Waals surface area (Å²) < 4.78 is 4.44. The van der Waals surface area contributed by atoms with Crippen LogP contribution in [-0.2, 0) is 9.53 Å². The molecule has 1 rings (SSSR count). The second-order valence-corrected chi connectivity index (χ2v) is 3.38. The number of hydrogen-bond donors (Lipinski definition) is 3. The molecule has 1 aromatic carbocycles. The van der Waals surface area contributed by atoms with E-state index in [0.717, 1.165) is 7.11 Å². The van der Waals surface area contributed by atoms with Crippen molar-refractivity contribution in [2.75, 3.05) is 7.11 Å². The van der Waals surface area contributed by atoms with Crippen LogP contribution >= 0.6 is 0 Å². The van der Waals surface area contributed by atoms with Crippen molar-refractivity contribution in [1.82, 2.24) is 0 Å². The zero-order valence-electron chi connectivity index (χ0n) is 9.08. The molecular weight excluding hydrogens is 228 g/mol. The Bertz CT molecular complexity index is 440. The van der Waals surface area contributed by atoms with Gasteiger partial charge in [0.2, 0.25) is 0 Å². The second kappa shape index (κ2) is 5.31. The van der Waals surface area contributed by atoms with Crippen molar-refractivity contribution in [3.8, 4) is 5.75 Å². The molecule has 0 aliphatic rings. The summed E-state index contributed by atoms with van der Waals surface area (Å²) >= 11 is 0. The Morgan fingerprint density at radius 1 is 1.41 bits per heavy atom. The molecular formula is C11H12O6. The Hall–Kier alpha value is -2.08. The van der Waals surface area contributed by atoms with Crippen LogP contribution in [0.5, 0.6) is 5.75 Å². The number of carboxylic acids is 1. The average Bonchev–Trinajstić information content (AvgIpc) is 2.27. The molecule has 0 unspecified atom stereocenters. The highest BCUT2D eigenvalue weighted by atomic mass is 16.5. The Morgan fingerprint density at radius 2 is 2.06 bits per heavy atom. The van der Waals surface area contributed by atoms with Crippen LogP contribution in [-0.4, -0.2) is 34.4 Å². The SMILES string of the molecule is COC(=O)c1cc([C@@H](O)CC(=O)O)ccc1O. The van der Waals surface area contributed by atoms with Crippen molar-refractivity contribution >= 4 is 11.9 Å². The van der Waals surface area contributed by atoms with Gasteiger partial charge in [0.15, 0.2) is 0 Å². The van der Waals surface area contributed by atoms with E-state index in [1.54, 1.807) is 0 Å². The summed E-state index contributed by atoms with van der Waals surface area (Å²) in [6.07, 6.45) is -1.72. The Morgan fingerprint density at radius 3 is 2.59 bits per heavy atom. The molecule has 92 valence electrons. The molecule has 0 saturated carbocycles. The number of ether oxygens (including phenoxy) is 1. The quantitative estimate of drug-likeness (QED) is 0.669. The van der Waals surface area contributed by atoms with Gasteiger partial charge >= 0.3 is 11.9 Å². The lowest BCUT2D eigenvalue weighted by Crippen LogP contribution is -2.08. The third kappa shape index (κ3) is 3.18. The Kier molecular flexibility index (Phi) is 4.06. The smallest absolute Gasteiger partial charge is 0.341 e. The first kappa shape index (κ1) is 13.0. The van der Waals surface area contributed by atoms with Crippen LogP contribution in [0, 0.1) is 0 Å². The largest absolute Gasteiger partial charge is 0.507 e. The molecule has 6 nitrogen and oxygen atoms in total. The molecule has 0 amide bonds. The third-order valence-electron chi connectivity index (χ3n) is 2.18. The van der Waals surface area contributed by atoms with Gasteiger partial charge in [-0.2, -0.15) is 0 Å². The second-order valence-electron chi connectivity index (χ2n) is 3.38. The molecule has 0 aliphatic heterocycles. The van der Waals surface area contributed by atoms with E-state index in [9.17, 15) is 19.8 Å². The first-order valence-corrected chi connectivity index (χ1v) is 4.76. The molecule has 17 heavy (non-hydrogen) atoms. The Labute approximate surface area is 97.1 Å². The van der Waals surface area contributed by atoms with E-state index in [-0.39, 0.29) is 16.9 Å². The molecule has 3 N–H and O–H groups in total. The molecule has 1 atom stereocenters. The van der Waals surface area contributed by atoms with Crippen LogP contribution < -0.4 is 0 Å². The van der Waals surface area contributed by atoms with Gasteiger partial charge in [-0.1, -0.05) is 6.07 Å². The summed E-state index contributed by atoms with van der Waals surface area (Å²) in [5.74, 6) is -2.21. The fourth-order valence-corrected chi connectivity index (χ4v) is 1.32. The van der Waals surface area contributed by atoms with E-state index in [0.29, 0.717) is 0 Å². The van der Waals surface area contributed by atoms with Gasteiger partial charge in [-0.25, -0.2) is 4.79 Å². The number of aliphatic hydroxyl groups is 1. The van der Waals surface area contributed by atoms with E-state index in [1.165, 1.54) is 18.2 Å². The zero-order valence-corrected chi connectivity index (χ0v) is 9.08. The first-order valence-electron chi connectivity index (χ1n) is 4.76. The number of phenols is 1. The van der Waals surface area contributed by atoms with E-state index in [2.05, 4.69) is 4.74 Å². The van der Waals surface area contributed by atoms with E-state index in [4.69, 9.17) is 5.11 Å². The number of hydrogen-bond acceptors (Lipinski definition) is 5. The summed E-state index contributed by atoms with van der Waals surface area (Å²) in [5.41, 5.74) is 0.111. The number of aliphatic hydroxyl groups excluding tert-OH is 1. The van der Waals surface area contributed by atoms with Crippen molar-refractivity contribution in [3.63, 3.8) is 0 Å². The van der Waals surface area contributed by atoms with Gasteiger partial charge in [0.1, 0.15) is 11.3 Å². The number of carbonyl (C=O) groups excluding carboxylic acids is 1. The summed E-state index contributed by atoms with van der Waals surface area (Å²) in [4.78, 5) is 21.7. The fourth-order valence-electron chi connectivity index (χ4n) is 1.32. The zero-order chi connectivity index (χ0) is 13.0. The number of rotatable bonds is 4. The number of benzene rings is 1. The summed E-state index contributed by atoms with van der Waals surface area (Å²) in [6.45, 7) is 0. The number of esters is 1. The van der Waals surface area contributed by atoms with Crippen LogP contribution in [0.15, 0.2) is 18.2 Å². The maximum Gasteiger partial charge on any atom is 0.341 e. The summed E-state index contributed by atoms with van der Waals surface area (Å²) in [7, 11) is 1.15. The number of carbonyl (C=O) groups is 2. The van der Waals surface area contributed by atoms with Crippen LogP contribution in [0.4, 0.5) is 0 Å². The number of carboxylic acid groups (broad SMARTS) is 1. The van der Waals surface area contributed by atoms with E-state index >= 15 is 0 Å². The summed E-state index contributed by atoms with van der Waals surface area (Å²) in [5, 5.41) is 27.5. The highest BCUT2D eigenvalue weighted by Gasteiger charge is 2.17. The molecule has 0 aromatic heterocycles. The van der Waals surface area contributed by atoms with Crippen molar-refractivity contribution in [3.05, 3.63) is 29.3 Å². The molecule has 0 aliphatic carbocycles. The van der Waals surface area contributed by atoms with Gasteiger partial charge in [-0.3, -0.25) is 4.79 Å².